The van der Waals surface area contributed by atoms with E-state index in [1.165, 1.54) is 0 Å². The average molecular weight is 338 g/mol. The van der Waals surface area contributed by atoms with E-state index in [-0.39, 0.29) is 12.0 Å². The Bertz CT molecular complexity index is 921. The minimum Gasteiger partial charge on any atom is -0.505 e. The van der Waals surface area contributed by atoms with Crippen molar-refractivity contribution in [1.29, 1.82) is 0 Å². The Morgan fingerprint density at radius 1 is 0.958 bits per heavy atom. The van der Waals surface area contributed by atoms with Crippen LogP contribution in [0.15, 0.2) is 64.8 Å². The van der Waals surface area contributed by atoms with Gasteiger partial charge >= 0.3 is 0 Å². The summed E-state index contributed by atoms with van der Waals surface area (Å²) in [6.07, 6.45) is -0.311. The van der Waals surface area contributed by atoms with Gasteiger partial charge in [-0.25, -0.2) is 0 Å². The van der Waals surface area contributed by atoms with E-state index in [9.17, 15) is 5.11 Å². The third-order valence-corrected chi connectivity index (χ3v) is 4.32. The van der Waals surface area contributed by atoms with E-state index >= 15 is 0 Å². The third-order valence-electron chi connectivity index (χ3n) is 3.82. The molecular weight excluding hydrogens is 324 g/mol. The Morgan fingerprint density at radius 2 is 1.75 bits per heavy atom. The zero-order chi connectivity index (χ0) is 16.5. The SMILES string of the molecule is Cc1ccc2c(O)c(N=Nc3ccc(C4OSO4)cc3)ccc2c1. The lowest BCUT2D eigenvalue weighted by atomic mass is 10.1. The molecule has 3 aromatic rings. The van der Waals surface area contributed by atoms with E-state index in [1.54, 1.807) is 6.07 Å². The quantitative estimate of drug-likeness (QED) is 0.478. The molecule has 6 heteroatoms. The van der Waals surface area contributed by atoms with Gasteiger partial charge in [-0.2, -0.15) is 5.11 Å². The fraction of sp³-hybridized carbons (Fsp3) is 0.111. The first-order chi connectivity index (χ1) is 11.7. The van der Waals surface area contributed by atoms with Gasteiger partial charge in [0.1, 0.15) is 5.69 Å². The van der Waals surface area contributed by atoms with Gasteiger partial charge in [-0.3, -0.25) is 8.37 Å². The topological polar surface area (TPSA) is 63.4 Å². The molecule has 1 aliphatic rings. The number of azo groups is 1. The molecule has 3 aromatic carbocycles. The molecule has 0 spiro atoms. The molecule has 0 bridgehead atoms. The van der Waals surface area contributed by atoms with E-state index in [1.807, 2.05) is 55.5 Å². The van der Waals surface area contributed by atoms with E-state index in [0.717, 1.165) is 34.2 Å². The number of phenolic OH excluding ortho intramolecular Hbond substituents is 1. The maximum Gasteiger partial charge on any atom is 0.214 e. The second-order valence-electron chi connectivity index (χ2n) is 5.54. The molecule has 1 aliphatic heterocycles. The van der Waals surface area contributed by atoms with Gasteiger partial charge in [0.15, 0.2) is 18.1 Å². The predicted octanol–water partition coefficient (Wildman–Crippen LogP) is 5.88. The lowest BCUT2D eigenvalue weighted by Crippen LogP contribution is -2.09. The second-order valence-corrected chi connectivity index (χ2v) is 6.06. The fourth-order valence-electron chi connectivity index (χ4n) is 2.50. The molecule has 0 saturated carbocycles. The second kappa shape index (κ2) is 6.24. The van der Waals surface area contributed by atoms with Crippen LogP contribution >= 0.6 is 12.3 Å². The van der Waals surface area contributed by atoms with Crippen LogP contribution in [0.4, 0.5) is 11.4 Å². The maximum atomic E-state index is 10.4. The monoisotopic (exact) mass is 338 g/mol. The third kappa shape index (κ3) is 2.87. The molecule has 4 rings (SSSR count). The van der Waals surface area contributed by atoms with Crippen molar-refractivity contribution < 1.29 is 13.5 Å². The molecule has 1 heterocycles. The van der Waals surface area contributed by atoms with Gasteiger partial charge in [0.25, 0.3) is 0 Å². The molecule has 120 valence electrons. The van der Waals surface area contributed by atoms with Gasteiger partial charge in [-0.05, 0) is 30.5 Å². The van der Waals surface area contributed by atoms with Crippen LogP contribution in [0.1, 0.15) is 17.4 Å². The average Bonchev–Trinajstić information content (AvgIpc) is 2.54. The van der Waals surface area contributed by atoms with Crippen molar-refractivity contribution in [2.45, 2.75) is 13.2 Å². The molecular formula is C18H14N2O3S. The molecule has 1 fully saturated rings. The minimum atomic E-state index is -0.311. The molecule has 0 aromatic heterocycles. The smallest absolute Gasteiger partial charge is 0.214 e. The number of hydrogen-bond acceptors (Lipinski definition) is 6. The minimum absolute atomic E-state index is 0.140. The molecule has 0 atom stereocenters. The van der Waals surface area contributed by atoms with Crippen molar-refractivity contribution in [3.05, 3.63) is 65.7 Å². The lowest BCUT2D eigenvalue weighted by molar-refractivity contribution is -0.0428. The van der Waals surface area contributed by atoms with Crippen molar-refractivity contribution in [2.24, 2.45) is 10.2 Å². The predicted molar refractivity (Wildman–Crippen MR) is 93.5 cm³/mol. The van der Waals surface area contributed by atoms with E-state index in [0.29, 0.717) is 11.4 Å². The number of nitrogens with zero attached hydrogens (tertiary/aromatic N) is 2. The number of hydrogen-bond donors (Lipinski definition) is 1. The Hall–Kier alpha value is -2.41. The lowest BCUT2D eigenvalue weighted by Gasteiger charge is -2.23. The van der Waals surface area contributed by atoms with Crippen LogP contribution in [0.3, 0.4) is 0 Å². The standard InChI is InChI=1S/C18H14N2O3S/c1-11-2-8-15-13(10-11)5-9-16(17(15)21)20-19-14-6-3-12(4-7-14)18-22-24-23-18/h2-10,18,21H,1H3. The van der Waals surface area contributed by atoms with Gasteiger partial charge in [0.2, 0.25) is 6.29 Å². The Kier molecular flexibility index (Phi) is 3.93. The van der Waals surface area contributed by atoms with Gasteiger partial charge in [-0.15, -0.1) is 5.11 Å². The van der Waals surface area contributed by atoms with Crippen LogP contribution in [0.2, 0.25) is 0 Å². The summed E-state index contributed by atoms with van der Waals surface area (Å²) in [6.45, 7) is 2.02. The summed E-state index contributed by atoms with van der Waals surface area (Å²) >= 11 is 0.985. The molecule has 0 aliphatic carbocycles. The van der Waals surface area contributed by atoms with Gasteiger partial charge in [-0.1, -0.05) is 42.0 Å². The Balaban J connectivity index is 1.60. The van der Waals surface area contributed by atoms with Crippen molar-refractivity contribution in [3.63, 3.8) is 0 Å². The number of phenols is 1. The summed E-state index contributed by atoms with van der Waals surface area (Å²) in [5.41, 5.74) is 3.21. The van der Waals surface area contributed by atoms with Crippen molar-refractivity contribution in [2.75, 3.05) is 0 Å². The van der Waals surface area contributed by atoms with Crippen molar-refractivity contribution in [1.82, 2.24) is 0 Å². The molecule has 24 heavy (non-hydrogen) atoms. The molecule has 1 saturated heterocycles. The summed E-state index contributed by atoms with van der Waals surface area (Å²) in [5.74, 6) is 0.140. The highest BCUT2D eigenvalue weighted by Crippen LogP contribution is 2.39. The number of fused-ring (bicyclic) bond motifs is 1. The summed E-state index contributed by atoms with van der Waals surface area (Å²) in [5, 5.41) is 20.5. The summed E-state index contributed by atoms with van der Waals surface area (Å²) in [7, 11) is 0. The fourth-order valence-corrected chi connectivity index (χ4v) is 2.88. The first kappa shape index (κ1) is 15.1. The van der Waals surface area contributed by atoms with E-state index in [4.69, 9.17) is 8.37 Å². The van der Waals surface area contributed by atoms with Crippen LogP contribution in [0.25, 0.3) is 10.8 Å². The van der Waals surface area contributed by atoms with Crippen LogP contribution in [-0.4, -0.2) is 5.11 Å². The maximum absolute atomic E-state index is 10.4. The first-order valence-electron chi connectivity index (χ1n) is 7.43. The highest BCUT2D eigenvalue weighted by molar-refractivity contribution is 7.90. The highest BCUT2D eigenvalue weighted by atomic mass is 32.2. The number of aryl methyl sites for hydroxylation is 1. The van der Waals surface area contributed by atoms with Crippen molar-refractivity contribution in [3.8, 4) is 5.75 Å². The summed E-state index contributed by atoms with van der Waals surface area (Å²) in [4.78, 5) is 0. The van der Waals surface area contributed by atoms with Crippen LogP contribution in [0, 0.1) is 6.92 Å². The van der Waals surface area contributed by atoms with Gasteiger partial charge in [0, 0.05) is 10.9 Å². The van der Waals surface area contributed by atoms with E-state index < -0.39 is 0 Å². The number of aromatic hydroxyl groups is 1. The first-order valence-corrected chi connectivity index (χ1v) is 8.10. The van der Waals surface area contributed by atoms with Gasteiger partial charge < -0.3 is 5.11 Å². The highest BCUT2D eigenvalue weighted by Gasteiger charge is 2.23. The van der Waals surface area contributed by atoms with Crippen LogP contribution in [0.5, 0.6) is 5.75 Å². The summed E-state index contributed by atoms with van der Waals surface area (Å²) < 4.78 is 10.3. The van der Waals surface area contributed by atoms with Crippen LogP contribution in [-0.2, 0) is 8.37 Å². The molecule has 0 amide bonds. The zero-order valence-corrected chi connectivity index (χ0v) is 13.7. The number of benzene rings is 3. The molecule has 5 nitrogen and oxygen atoms in total. The Morgan fingerprint density at radius 3 is 2.46 bits per heavy atom. The molecule has 0 unspecified atom stereocenters. The van der Waals surface area contributed by atoms with E-state index in [2.05, 4.69) is 10.2 Å². The van der Waals surface area contributed by atoms with Crippen molar-refractivity contribution >= 4 is 34.5 Å². The normalized spacial score (nSPS) is 15.0. The van der Waals surface area contributed by atoms with Crippen LogP contribution < -0.4 is 0 Å². The molecule has 0 radical (unpaired) electrons. The largest absolute Gasteiger partial charge is 0.505 e. The number of rotatable bonds is 3. The molecule has 1 N–H and O–H groups in total. The Labute approximate surface area is 143 Å². The zero-order valence-electron chi connectivity index (χ0n) is 12.8. The van der Waals surface area contributed by atoms with Gasteiger partial charge in [0.05, 0.1) is 5.69 Å². The summed E-state index contributed by atoms with van der Waals surface area (Å²) in [6, 6.07) is 17.0.